The van der Waals surface area contributed by atoms with Gasteiger partial charge in [0, 0.05) is 13.2 Å². The first kappa shape index (κ1) is 16.9. The van der Waals surface area contributed by atoms with E-state index in [0.717, 1.165) is 12.8 Å². The number of benzene rings is 1. The van der Waals surface area contributed by atoms with Crippen molar-refractivity contribution in [2.45, 2.75) is 25.9 Å². The van der Waals surface area contributed by atoms with E-state index in [-0.39, 0.29) is 0 Å². The van der Waals surface area contributed by atoms with Crippen LogP contribution in [0.25, 0.3) is 0 Å². The van der Waals surface area contributed by atoms with Crippen LogP contribution in [-0.2, 0) is 4.74 Å². The minimum atomic E-state index is -0.595. The molecule has 1 unspecified atom stereocenters. The molecule has 1 rings (SSSR count). The number of hydrogen-bond acceptors (Lipinski definition) is 3. The molecule has 3 nitrogen and oxygen atoms in total. The van der Waals surface area contributed by atoms with E-state index in [1.165, 1.54) is 0 Å². The maximum absolute atomic E-state index is 9.73. The van der Waals surface area contributed by atoms with Crippen LogP contribution in [0.2, 0.25) is 15.1 Å². The third-order valence-electron chi connectivity index (χ3n) is 2.49. The summed E-state index contributed by atoms with van der Waals surface area (Å²) in [6, 6.07) is 3.20. The molecule has 0 amide bonds. The van der Waals surface area contributed by atoms with Crippen molar-refractivity contribution in [1.82, 2.24) is 0 Å². The molecule has 0 aromatic heterocycles. The number of aliphatic hydroxyl groups is 1. The molecule has 0 bridgehead atoms. The van der Waals surface area contributed by atoms with Crippen molar-refractivity contribution >= 4 is 40.5 Å². The first-order valence-electron chi connectivity index (χ1n) is 6.18. The molecule has 19 heavy (non-hydrogen) atoms. The number of aliphatic hydroxyl groups excluding tert-OH is 1. The van der Waals surface area contributed by atoms with Crippen molar-refractivity contribution < 1.29 is 9.84 Å². The quantitative estimate of drug-likeness (QED) is 0.554. The van der Waals surface area contributed by atoms with E-state index in [1.807, 2.05) is 0 Å². The highest BCUT2D eigenvalue weighted by molar-refractivity contribution is 6.44. The fourth-order valence-electron chi connectivity index (χ4n) is 1.41. The maximum atomic E-state index is 9.73. The Balaban J connectivity index is 2.37. The molecule has 1 atom stereocenters. The van der Waals surface area contributed by atoms with Gasteiger partial charge in [0.15, 0.2) is 0 Å². The lowest BCUT2D eigenvalue weighted by atomic mass is 10.3. The zero-order valence-electron chi connectivity index (χ0n) is 10.8. The summed E-state index contributed by atoms with van der Waals surface area (Å²) in [7, 11) is 0. The average Bonchev–Trinajstić information content (AvgIpc) is 2.37. The summed E-state index contributed by atoms with van der Waals surface area (Å²) in [5.74, 6) is 0. The average molecular weight is 327 g/mol. The van der Waals surface area contributed by atoms with Crippen LogP contribution in [0, 0.1) is 0 Å². The predicted octanol–water partition coefficient (Wildman–Crippen LogP) is 4.24. The van der Waals surface area contributed by atoms with Crippen LogP contribution in [-0.4, -0.2) is 31.0 Å². The number of anilines is 1. The van der Waals surface area contributed by atoms with Crippen molar-refractivity contribution in [3.8, 4) is 0 Å². The molecule has 0 spiro atoms. The van der Waals surface area contributed by atoms with E-state index in [4.69, 9.17) is 39.5 Å². The molecule has 6 heteroatoms. The Morgan fingerprint density at radius 2 is 1.89 bits per heavy atom. The second-order valence-corrected chi connectivity index (χ2v) is 5.43. The molecular weight excluding hydrogens is 309 g/mol. The van der Waals surface area contributed by atoms with Gasteiger partial charge in [-0.2, -0.15) is 0 Å². The zero-order valence-corrected chi connectivity index (χ0v) is 13.0. The summed E-state index contributed by atoms with van der Waals surface area (Å²) in [6.07, 6.45) is 1.48. The van der Waals surface area contributed by atoms with Gasteiger partial charge in [-0.3, -0.25) is 0 Å². The molecule has 1 aromatic carbocycles. The van der Waals surface area contributed by atoms with E-state index in [2.05, 4.69) is 12.2 Å². The van der Waals surface area contributed by atoms with Crippen LogP contribution < -0.4 is 5.32 Å². The molecule has 0 heterocycles. The number of halogens is 3. The second-order valence-electron chi connectivity index (χ2n) is 4.21. The normalized spacial score (nSPS) is 12.5. The van der Waals surface area contributed by atoms with Gasteiger partial charge in [0.1, 0.15) is 0 Å². The van der Waals surface area contributed by atoms with Crippen LogP contribution >= 0.6 is 34.8 Å². The lowest BCUT2D eigenvalue weighted by Crippen LogP contribution is -2.25. The molecule has 0 radical (unpaired) electrons. The third-order valence-corrected chi connectivity index (χ3v) is 3.53. The van der Waals surface area contributed by atoms with E-state index in [0.29, 0.717) is 40.5 Å². The summed E-state index contributed by atoms with van der Waals surface area (Å²) in [4.78, 5) is 0. The minimum Gasteiger partial charge on any atom is -0.389 e. The van der Waals surface area contributed by atoms with Crippen molar-refractivity contribution in [3.05, 3.63) is 27.2 Å². The Kier molecular flexibility index (Phi) is 7.88. The number of rotatable bonds is 8. The first-order chi connectivity index (χ1) is 9.04. The van der Waals surface area contributed by atoms with Crippen molar-refractivity contribution in [2.24, 2.45) is 0 Å². The summed E-state index contributed by atoms with van der Waals surface area (Å²) in [5, 5.41) is 14.0. The van der Waals surface area contributed by atoms with E-state index in [1.54, 1.807) is 12.1 Å². The smallest absolute Gasteiger partial charge is 0.0945 e. The Labute approximate surface area is 128 Å². The lowest BCUT2D eigenvalue weighted by Gasteiger charge is -2.14. The Hall–Kier alpha value is -0.190. The van der Waals surface area contributed by atoms with E-state index >= 15 is 0 Å². The predicted molar refractivity (Wildman–Crippen MR) is 81.7 cm³/mol. The van der Waals surface area contributed by atoms with Gasteiger partial charge < -0.3 is 15.2 Å². The second kappa shape index (κ2) is 8.88. The van der Waals surface area contributed by atoms with Gasteiger partial charge in [0.25, 0.3) is 0 Å². The summed E-state index contributed by atoms with van der Waals surface area (Å²) < 4.78 is 5.33. The fraction of sp³-hybridized carbons (Fsp3) is 0.538. The van der Waals surface area contributed by atoms with Gasteiger partial charge in [0.05, 0.1) is 33.5 Å². The number of nitrogens with one attached hydrogen (secondary N) is 1. The molecule has 0 aliphatic carbocycles. The van der Waals surface area contributed by atoms with Gasteiger partial charge in [-0.25, -0.2) is 0 Å². The van der Waals surface area contributed by atoms with Gasteiger partial charge in [-0.15, -0.1) is 0 Å². The largest absolute Gasteiger partial charge is 0.389 e. The highest BCUT2D eigenvalue weighted by Crippen LogP contribution is 2.32. The molecule has 0 saturated carbocycles. The van der Waals surface area contributed by atoms with Crippen LogP contribution in [0.5, 0.6) is 0 Å². The maximum Gasteiger partial charge on any atom is 0.0945 e. The highest BCUT2D eigenvalue weighted by atomic mass is 35.5. The van der Waals surface area contributed by atoms with Crippen LogP contribution in [0.1, 0.15) is 19.8 Å². The number of hydrogen-bond donors (Lipinski definition) is 2. The van der Waals surface area contributed by atoms with Gasteiger partial charge >= 0.3 is 0 Å². The number of ether oxygens (including phenoxy) is 1. The molecule has 0 aliphatic rings. The molecule has 2 N–H and O–H groups in total. The van der Waals surface area contributed by atoms with Crippen LogP contribution in [0.4, 0.5) is 5.69 Å². The van der Waals surface area contributed by atoms with Gasteiger partial charge in [0.2, 0.25) is 0 Å². The number of unbranched alkanes of at least 4 members (excludes halogenated alkanes) is 1. The van der Waals surface area contributed by atoms with Crippen molar-refractivity contribution in [2.75, 3.05) is 25.1 Å². The lowest BCUT2D eigenvalue weighted by molar-refractivity contribution is 0.0422. The Bertz CT molecular complexity index is 402. The van der Waals surface area contributed by atoms with Crippen LogP contribution in [0.3, 0.4) is 0 Å². The molecule has 1 aromatic rings. The SMILES string of the molecule is CCCCOCC(O)CNc1cc(Cl)c(Cl)cc1Cl. The highest BCUT2D eigenvalue weighted by Gasteiger charge is 2.08. The summed E-state index contributed by atoms with van der Waals surface area (Å²) in [6.45, 7) is 3.39. The summed E-state index contributed by atoms with van der Waals surface area (Å²) in [5.41, 5.74) is 0.642. The summed E-state index contributed by atoms with van der Waals surface area (Å²) >= 11 is 17.7. The van der Waals surface area contributed by atoms with E-state index in [9.17, 15) is 5.11 Å². The van der Waals surface area contributed by atoms with Crippen molar-refractivity contribution in [3.63, 3.8) is 0 Å². The fourth-order valence-corrected chi connectivity index (χ4v) is 2.02. The standard InChI is InChI=1S/C13H18Cl3NO2/c1-2-3-4-19-8-9(18)7-17-13-6-11(15)10(14)5-12(13)16/h5-6,9,17-18H,2-4,7-8H2,1H3. The van der Waals surface area contributed by atoms with Crippen LogP contribution in [0.15, 0.2) is 12.1 Å². The topological polar surface area (TPSA) is 41.5 Å². The molecular formula is C13H18Cl3NO2. The van der Waals surface area contributed by atoms with Crippen molar-refractivity contribution in [1.29, 1.82) is 0 Å². The molecule has 108 valence electrons. The zero-order chi connectivity index (χ0) is 14.3. The monoisotopic (exact) mass is 325 g/mol. The Morgan fingerprint density at radius 1 is 1.21 bits per heavy atom. The minimum absolute atomic E-state index is 0.298. The van der Waals surface area contributed by atoms with Gasteiger partial charge in [-0.1, -0.05) is 48.1 Å². The third kappa shape index (κ3) is 6.19. The van der Waals surface area contributed by atoms with Gasteiger partial charge in [-0.05, 0) is 18.6 Å². The first-order valence-corrected chi connectivity index (χ1v) is 7.32. The molecule has 0 saturated heterocycles. The molecule has 0 aliphatic heterocycles. The Morgan fingerprint density at radius 3 is 2.58 bits per heavy atom. The van der Waals surface area contributed by atoms with E-state index < -0.39 is 6.10 Å². The molecule has 0 fully saturated rings.